The minimum atomic E-state index is -0.314. The van der Waals surface area contributed by atoms with Gasteiger partial charge in [0.1, 0.15) is 5.82 Å². The topological polar surface area (TPSA) is 56.7 Å². The molecule has 2 N–H and O–H groups in total. The molecular formula is C15H13FN4. The van der Waals surface area contributed by atoms with Crippen LogP contribution < -0.4 is 5.73 Å². The lowest BCUT2D eigenvalue weighted by Gasteiger charge is -2.07. The summed E-state index contributed by atoms with van der Waals surface area (Å²) < 4.78 is 15.5. The van der Waals surface area contributed by atoms with E-state index in [4.69, 9.17) is 5.73 Å². The summed E-state index contributed by atoms with van der Waals surface area (Å²) in [6.45, 7) is 0.183. The van der Waals surface area contributed by atoms with Gasteiger partial charge in [0.15, 0.2) is 0 Å². The molecule has 0 saturated heterocycles. The maximum atomic E-state index is 13.8. The van der Waals surface area contributed by atoms with E-state index in [2.05, 4.69) is 10.3 Å². The van der Waals surface area contributed by atoms with Crippen LogP contribution in [0.2, 0.25) is 0 Å². The first-order valence-electron chi connectivity index (χ1n) is 6.24. The molecule has 100 valence electrons. The smallest absolute Gasteiger partial charge is 0.128 e. The molecule has 1 aromatic heterocycles. The van der Waals surface area contributed by atoms with Gasteiger partial charge in [-0.3, -0.25) is 0 Å². The largest absolute Gasteiger partial charge is 0.326 e. The summed E-state index contributed by atoms with van der Waals surface area (Å²) in [6.07, 6.45) is 1.61. The van der Waals surface area contributed by atoms with Gasteiger partial charge in [-0.05, 0) is 18.2 Å². The maximum absolute atomic E-state index is 13.8. The summed E-state index contributed by atoms with van der Waals surface area (Å²) in [7, 11) is 0. The van der Waals surface area contributed by atoms with Crippen molar-refractivity contribution in [3.8, 4) is 16.9 Å². The molecule has 3 aromatic rings. The number of rotatable bonds is 3. The molecule has 0 amide bonds. The molecule has 20 heavy (non-hydrogen) atoms. The standard InChI is InChI=1S/C15H13FN4/c16-14-8-11(6-7-12(14)9-17)15-10-18-19-20(15)13-4-2-1-3-5-13/h1-8,10H,9,17H2. The lowest BCUT2D eigenvalue weighted by atomic mass is 10.1. The Morgan fingerprint density at radius 1 is 1.10 bits per heavy atom. The van der Waals surface area contributed by atoms with Crippen molar-refractivity contribution in [3.05, 3.63) is 66.1 Å². The lowest BCUT2D eigenvalue weighted by molar-refractivity contribution is 0.611. The number of nitrogens with two attached hydrogens (primary N) is 1. The highest BCUT2D eigenvalue weighted by atomic mass is 19.1. The molecule has 4 nitrogen and oxygen atoms in total. The van der Waals surface area contributed by atoms with E-state index >= 15 is 0 Å². The molecule has 2 aromatic carbocycles. The van der Waals surface area contributed by atoms with Crippen LogP contribution in [0.15, 0.2) is 54.7 Å². The molecular weight excluding hydrogens is 255 g/mol. The van der Waals surface area contributed by atoms with Gasteiger partial charge in [0, 0.05) is 17.7 Å². The van der Waals surface area contributed by atoms with E-state index in [9.17, 15) is 4.39 Å². The van der Waals surface area contributed by atoms with Gasteiger partial charge in [0.05, 0.1) is 17.6 Å². The molecule has 0 unspecified atom stereocenters. The summed E-state index contributed by atoms with van der Waals surface area (Å²) in [5.41, 5.74) is 8.29. The van der Waals surface area contributed by atoms with Gasteiger partial charge in [-0.15, -0.1) is 5.10 Å². The van der Waals surface area contributed by atoms with Crippen LogP contribution in [0.4, 0.5) is 4.39 Å². The molecule has 0 aliphatic carbocycles. The van der Waals surface area contributed by atoms with Crippen molar-refractivity contribution in [3.63, 3.8) is 0 Å². The number of benzene rings is 2. The van der Waals surface area contributed by atoms with Crippen LogP contribution in [0.3, 0.4) is 0 Å². The highest BCUT2D eigenvalue weighted by molar-refractivity contribution is 5.61. The third-order valence-corrected chi connectivity index (χ3v) is 3.12. The van der Waals surface area contributed by atoms with Crippen LogP contribution in [0.1, 0.15) is 5.56 Å². The zero-order chi connectivity index (χ0) is 13.9. The number of hydrogen-bond donors (Lipinski definition) is 1. The maximum Gasteiger partial charge on any atom is 0.128 e. The first-order valence-corrected chi connectivity index (χ1v) is 6.24. The van der Waals surface area contributed by atoms with Gasteiger partial charge in [-0.2, -0.15) is 0 Å². The monoisotopic (exact) mass is 268 g/mol. The molecule has 0 saturated carbocycles. The Hall–Kier alpha value is -2.53. The van der Waals surface area contributed by atoms with Gasteiger partial charge in [-0.25, -0.2) is 9.07 Å². The van der Waals surface area contributed by atoms with Gasteiger partial charge in [0.2, 0.25) is 0 Å². The number of nitrogens with zero attached hydrogens (tertiary/aromatic N) is 3. The van der Waals surface area contributed by atoms with Crippen molar-refractivity contribution < 1.29 is 4.39 Å². The van der Waals surface area contributed by atoms with Gasteiger partial charge < -0.3 is 5.73 Å². The van der Waals surface area contributed by atoms with Crippen LogP contribution in [-0.2, 0) is 6.54 Å². The van der Waals surface area contributed by atoms with E-state index in [0.717, 1.165) is 11.4 Å². The minimum Gasteiger partial charge on any atom is -0.326 e. The molecule has 5 heteroatoms. The third-order valence-electron chi connectivity index (χ3n) is 3.12. The van der Waals surface area contributed by atoms with Gasteiger partial charge >= 0.3 is 0 Å². The van der Waals surface area contributed by atoms with Gasteiger partial charge in [-0.1, -0.05) is 35.5 Å². The summed E-state index contributed by atoms with van der Waals surface area (Å²) in [4.78, 5) is 0. The molecule has 0 spiro atoms. The highest BCUT2D eigenvalue weighted by Gasteiger charge is 2.10. The average molecular weight is 268 g/mol. The molecule has 0 atom stereocenters. The molecule has 1 heterocycles. The van der Waals surface area contributed by atoms with E-state index in [1.807, 2.05) is 36.4 Å². The highest BCUT2D eigenvalue weighted by Crippen LogP contribution is 2.23. The SMILES string of the molecule is NCc1ccc(-c2cnnn2-c2ccccc2)cc1F. The van der Waals surface area contributed by atoms with E-state index < -0.39 is 0 Å². The summed E-state index contributed by atoms with van der Waals surface area (Å²) in [6, 6.07) is 14.6. The van der Waals surface area contributed by atoms with E-state index in [0.29, 0.717) is 11.1 Å². The normalized spacial score (nSPS) is 10.7. The van der Waals surface area contributed by atoms with Crippen LogP contribution in [0, 0.1) is 5.82 Å². The van der Waals surface area contributed by atoms with Gasteiger partial charge in [0.25, 0.3) is 0 Å². The predicted molar refractivity (Wildman–Crippen MR) is 74.6 cm³/mol. The Morgan fingerprint density at radius 3 is 2.60 bits per heavy atom. The van der Waals surface area contributed by atoms with Crippen LogP contribution in [-0.4, -0.2) is 15.0 Å². The first kappa shape index (κ1) is 12.5. The molecule has 0 fully saturated rings. The second kappa shape index (κ2) is 5.22. The Bertz CT molecular complexity index is 722. The van der Waals surface area contributed by atoms with E-state index in [-0.39, 0.29) is 12.4 Å². The van der Waals surface area contributed by atoms with Crippen molar-refractivity contribution >= 4 is 0 Å². The fraction of sp³-hybridized carbons (Fsp3) is 0.0667. The lowest BCUT2D eigenvalue weighted by Crippen LogP contribution is -2.02. The second-order valence-corrected chi connectivity index (χ2v) is 4.38. The van der Waals surface area contributed by atoms with Crippen LogP contribution in [0.5, 0.6) is 0 Å². The van der Waals surface area contributed by atoms with Crippen LogP contribution >= 0.6 is 0 Å². The Morgan fingerprint density at radius 2 is 1.90 bits per heavy atom. The zero-order valence-corrected chi connectivity index (χ0v) is 10.7. The predicted octanol–water partition coefficient (Wildman–Crippen LogP) is 2.53. The number of halogens is 1. The van der Waals surface area contributed by atoms with E-state index in [1.54, 1.807) is 16.9 Å². The minimum absolute atomic E-state index is 0.183. The van der Waals surface area contributed by atoms with Crippen molar-refractivity contribution in [2.24, 2.45) is 5.73 Å². The van der Waals surface area contributed by atoms with Crippen molar-refractivity contribution in [2.75, 3.05) is 0 Å². The number of aromatic nitrogens is 3. The molecule has 0 aliphatic rings. The quantitative estimate of drug-likeness (QED) is 0.794. The molecule has 0 aliphatic heterocycles. The van der Waals surface area contributed by atoms with Crippen LogP contribution in [0.25, 0.3) is 16.9 Å². The number of para-hydroxylation sites is 1. The number of hydrogen-bond acceptors (Lipinski definition) is 3. The van der Waals surface area contributed by atoms with Crippen molar-refractivity contribution in [1.82, 2.24) is 15.0 Å². The molecule has 0 radical (unpaired) electrons. The summed E-state index contributed by atoms with van der Waals surface area (Å²) in [5, 5.41) is 7.97. The van der Waals surface area contributed by atoms with Crippen molar-refractivity contribution in [1.29, 1.82) is 0 Å². The Labute approximate surface area is 115 Å². The third kappa shape index (κ3) is 2.19. The average Bonchev–Trinajstić information content (AvgIpc) is 2.97. The second-order valence-electron chi connectivity index (χ2n) is 4.38. The van der Waals surface area contributed by atoms with Crippen molar-refractivity contribution in [2.45, 2.75) is 6.54 Å². The fourth-order valence-electron chi connectivity index (χ4n) is 2.06. The Balaban J connectivity index is 2.08. The zero-order valence-electron chi connectivity index (χ0n) is 10.7. The molecule has 3 rings (SSSR count). The Kier molecular flexibility index (Phi) is 3.26. The summed E-state index contributed by atoms with van der Waals surface area (Å²) in [5.74, 6) is -0.314. The molecule has 0 bridgehead atoms. The van der Waals surface area contributed by atoms with E-state index in [1.165, 1.54) is 6.07 Å². The summed E-state index contributed by atoms with van der Waals surface area (Å²) >= 11 is 0. The first-order chi connectivity index (χ1) is 9.79. The fourth-order valence-corrected chi connectivity index (χ4v) is 2.06.